The fourth-order valence-electron chi connectivity index (χ4n) is 2.72. The molecule has 1 saturated heterocycles. The van der Waals surface area contributed by atoms with Crippen LogP contribution in [0.3, 0.4) is 0 Å². The van der Waals surface area contributed by atoms with Crippen molar-refractivity contribution in [2.24, 2.45) is 0 Å². The molecule has 0 atom stereocenters. The number of ketones is 1. The lowest BCUT2D eigenvalue weighted by Crippen LogP contribution is -2.45. The zero-order chi connectivity index (χ0) is 15.2. The van der Waals surface area contributed by atoms with Gasteiger partial charge in [0, 0.05) is 43.9 Å². The second-order valence-electron chi connectivity index (χ2n) is 5.52. The van der Waals surface area contributed by atoms with Crippen LogP contribution in [0.4, 0.5) is 0 Å². The minimum Gasteiger partial charge on any atom is -0.494 e. The summed E-state index contributed by atoms with van der Waals surface area (Å²) in [6.07, 6.45) is 0. The van der Waals surface area contributed by atoms with Crippen molar-refractivity contribution < 1.29 is 9.53 Å². The van der Waals surface area contributed by atoms with Gasteiger partial charge in [-0.2, -0.15) is 0 Å². The normalized spacial score (nSPS) is 16.9. The molecule has 2 rings (SSSR count). The average molecular weight is 290 g/mol. The van der Waals surface area contributed by atoms with Crippen LogP contribution in [-0.4, -0.2) is 54.9 Å². The molecule has 21 heavy (non-hydrogen) atoms. The van der Waals surface area contributed by atoms with E-state index < -0.39 is 0 Å². The standard InChI is InChI=1S/C17H26N2O2/c1-4-18-8-10-19(11-9-18)13-16-12-15(14(3)20)6-7-17(16)21-5-2/h6-7,12H,4-5,8-11,13H2,1-3H3. The molecule has 1 aromatic carbocycles. The van der Waals surface area contributed by atoms with Gasteiger partial charge in [0.1, 0.15) is 5.75 Å². The smallest absolute Gasteiger partial charge is 0.159 e. The van der Waals surface area contributed by atoms with E-state index in [0.717, 1.165) is 56.1 Å². The Morgan fingerprint density at radius 2 is 1.81 bits per heavy atom. The lowest BCUT2D eigenvalue weighted by molar-refractivity contribution is 0.101. The molecule has 1 aliphatic rings. The van der Waals surface area contributed by atoms with Crippen LogP contribution < -0.4 is 4.74 Å². The summed E-state index contributed by atoms with van der Waals surface area (Å²) in [5, 5.41) is 0. The van der Waals surface area contributed by atoms with Crippen molar-refractivity contribution in [2.75, 3.05) is 39.3 Å². The van der Waals surface area contributed by atoms with Crippen molar-refractivity contribution in [3.63, 3.8) is 0 Å². The Kier molecular flexibility index (Phi) is 5.76. The highest BCUT2D eigenvalue weighted by Crippen LogP contribution is 2.23. The second kappa shape index (κ2) is 7.57. The minimum absolute atomic E-state index is 0.107. The third-order valence-corrected chi connectivity index (χ3v) is 4.07. The SMILES string of the molecule is CCOc1ccc(C(C)=O)cc1CN1CCN(CC)CC1. The third-order valence-electron chi connectivity index (χ3n) is 4.07. The Morgan fingerprint density at radius 3 is 2.38 bits per heavy atom. The van der Waals surface area contributed by atoms with E-state index in [1.807, 2.05) is 25.1 Å². The summed E-state index contributed by atoms with van der Waals surface area (Å²) < 4.78 is 5.71. The molecule has 1 fully saturated rings. The molecule has 1 heterocycles. The number of Topliss-reactive ketones (excluding diaryl/α,β-unsaturated/α-hetero) is 1. The number of hydrogen-bond donors (Lipinski definition) is 0. The van der Waals surface area contributed by atoms with Crippen LogP contribution >= 0.6 is 0 Å². The van der Waals surface area contributed by atoms with Crippen molar-refractivity contribution >= 4 is 5.78 Å². The number of piperazine rings is 1. The summed E-state index contributed by atoms with van der Waals surface area (Å²) in [5.74, 6) is 1.01. The molecule has 1 aliphatic heterocycles. The van der Waals surface area contributed by atoms with Crippen LogP contribution in [0.15, 0.2) is 18.2 Å². The van der Waals surface area contributed by atoms with Gasteiger partial charge in [-0.3, -0.25) is 9.69 Å². The zero-order valence-electron chi connectivity index (χ0n) is 13.4. The van der Waals surface area contributed by atoms with Gasteiger partial charge in [-0.25, -0.2) is 0 Å². The Hall–Kier alpha value is -1.39. The highest BCUT2D eigenvalue weighted by Gasteiger charge is 2.17. The Bertz CT molecular complexity index is 480. The van der Waals surface area contributed by atoms with E-state index in [1.54, 1.807) is 6.92 Å². The molecule has 4 nitrogen and oxygen atoms in total. The Balaban J connectivity index is 2.09. The predicted octanol–water partition coefficient (Wildman–Crippen LogP) is 2.43. The van der Waals surface area contributed by atoms with E-state index in [-0.39, 0.29) is 5.78 Å². The summed E-state index contributed by atoms with van der Waals surface area (Å²) in [6, 6.07) is 5.77. The van der Waals surface area contributed by atoms with E-state index in [1.165, 1.54) is 0 Å². The molecule has 116 valence electrons. The van der Waals surface area contributed by atoms with Crippen molar-refractivity contribution in [2.45, 2.75) is 27.3 Å². The van der Waals surface area contributed by atoms with Gasteiger partial charge in [-0.05, 0) is 38.6 Å². The fourth-order valence-corrected chi connectivity index (χ4v) is 2.72. The van der Waals surface area contributed by atoms with Crippen LogP contribution in [0.5, 0.6) is 5.75 Å². The molecule has 0 spiro atoms. The maximum atomic E-state index is 11.6. The number of ether oxygens (including phenoxy) is 1. The van der Waals surface area contributed by atoms with Crippen molar-refractivity contribution in [1.82, 2.24) is 9.80 Å². The van der Waals surface area contributed by atoms with Crippen LogP contribution in [0.1, 0.15) is 36.7 Å². The van der Waals surface area contributed by atoms with Crippen LogP contribution in [0, 0.1) is 0 Å². The van der Waals surface area contributed by atoms with Gasteiger partial charge in [0.2, 0.25) is 0 Å². The van der Waals surface area contributed by atoms with Gasteiger partial charge in [-0.15, -0.1) is 0 Å². The van der Waals surface area contributed by atoms with E-state index in [4.69, 9.17) is 4.74 Å². The Morgan fingerprint density at radius 1 is 1.14 bits per heavy atom. The van der Waals surface area contributed by atoms with Crippen molar-refractivity contribution in [3.05, 3.63) is 29.3 Å². The van der Waals surface area contributed by atoms with E-state index in [9.17, 15) is 4.79 Å². The maximum absolute atomic E-state index is 11.6. The van der Waals surface area contributed by atoms with Gasteiger partial charge >= 0.3 is 0 Å². The highest BCUT2D eigenvalue weighted by atomic mass is 16.5. The first-order chi connectivity index (χ1) is 10.1. The van der Waals surface area contributed by atoms with Gasteiger partial charge in [0.05, 0.1) is 6.61 Å². The van der Waals surface area contributed by atoms with Gasteiger partial charge < -0.3 is 9.64 Å². The average Bonchev–Trinajstić information content (AvgIpc) is 2.50. The summed E-state index contributed by atoms with van der Waals surface area (Å²) in [6.45, 7) is 12.8. The first-order valence-corrected chi connectivity index (χ1v) is 7.85. The molecule has 0 saturated carbocycles. The minimum atomic E-state index is 0.107. The number of rotatable bonds is 6. The molecule has 0 N–H and O–H groups in total. The molecule has 0 bridgehead atoms. The molecule has 0 amide bonds. The molecular formula is C17H26N2O2. The number of carbonyl (C=O) groups excluding carboxylic acids is 1. The van der Waals surface area contributed by atoms with Crippen LogP contribution in [-0.2, 0) is 6.54 Å². The largest absolute Gasteiger partial charge is 0.494 e. The van der Waals surface area contributed by atoms with Gasteiger partial charge in [0.25, 0.3) is 0 Å². The topological polar surface area (TPSA) is 32.8 Å². The quantitative estimate of drug-likeness (QED) is 0.753. The first-order valence-electron chi connectivity index (χ1n) is 7.85. The summed E-state index contributed by atoms with van der Waals surface area (Å²) in [5.41, 5.74) is 1.88. The number of hydrogen-bond acceptors (Lipinski definition) is 4. The first kappa shape index (κ1) is 16.0. The van der Waals surface area contributed by atoms with E-state index in [2.05, 4.69) is 16.7 Å². The monoisotopic (exact) mass is 290 g/mol. The number of benzene rings is 1. The van der Waals surface area contributed by atoms with Crippen LogP contribution in [0.2, 0.25) is 0 Å². The zero-order valence-corrected chi connectivity index (χ0v) is 13.4. The van der Waals surface area contributed by atoms with Crippen molar-refractivity contribution in [3.8, 4) is 5.75 Å². The van der Waals surface area contributed by atoms with Crippen LogP contribution in [0.25, 0.3) is 0 Å². The summed E-state index contributed by atoms with van der Waals surface area (Å²) >= 11 is 0. The number of nitrogens with zero attached hydrogens (tertiary/aromatic N) is 2. The molecule has 4 heteroatoms. The highest BCUT2D eigenvalue weighted by molar-refractivity contribution is 5.94. The molecule has 0 aromatic heterocycles. The second-order valence-corrected chi connectivity index (χ2v) is 5.52. The van der Waals surface area contributed by atoms with Gasteiger partial charge in [0.15, 0.2) is 5.78 Å². The molecule has 0 radical (unpaired) electrons. The number of carbonyl (C=O) groups is 1. The lowest BCUT2D eigenvalue weighted by Gasteiger charge is -2.34. The maximum Gasteiger partial charge on any atom is 0.159 e. The number of likely N-dealkylation sites (N-methyl/N-ethyl adjacent to an activating group) is 1. The lowest BCUT2D eigenvalue weighted by atomic mass is 10.1. The third kappa shape index (κ3) is 4.29. The molecular weight excluding hydrogens is 264 g/mol. The molecule has 0 aliphatic carbocycles. The fraction of sp³-hybridized carbons (Fsp3) is 0.588. The molecule has 0 unspecified atom stereocenters. The van der Waals surface area contributed by atoms with E-state index >= 15 is 0 Å². The Labute approximate surface area is 127 Å². The summed E-state index contributed by atoms with van der Waals surface area (Å²) in [4.78, 5) is 16.5. The molecule has 1 aromatic rings. The summed E-state index contributed by atoms with van der Waals surface area (Å²) in [7, 11) is 0. The van der Waals surface area contributed by atoms with Gasteiger partial charge in [-0.1, -0.05) is 6.92 Å². The predicted molar refractivity (Wildman–Crippen MR) is 85.0 cm³/mol. The van der Waals surface area contributed by atoms with Crippen molar-refractivity contribution in [1.29, 1.82) is 0 Å². The van der Waals surface area contributed by atoms with E-state index in [0.29, 0.717) is 6.61 Å².